The first kappa shape index (κ1) is 14.3. The second-order valence-corrected chi connectivity index (χ2v) is 4.97. The van der Waals surface area contributed by atoms with E-state index >= 15 is 0 Å². The van der Waals surface area contributed by atoms with Gasteiger partial charge in [-0.15, -0.1) is 11.6 Å². The number of alkyl halides is 1. The van der Waals surface area contributed by atoms with Gasteiger partial charge < -0.3 is 14.8 Å². The molecule has 0 saturated carbocycles. The number of hydrogen-bond donors (Lipinski definition) is 1. The highest BCUT2D eigenvalue weighted by Crippen LogP contribution is 2.21. The van der Waals surface area contributed by atoms with Crippen molar-refractivity contribution in [2.24, 2.45) is 0 Å². The first-order chi connectivity index (χ1) is 9.19. The SMILES string of the molecule is COC1(CNC(=O)c2cccc(CCl)c2)CCOC1. The maximum Gasteiger partial charge on any atom is 0.251 e. The van der Waals surface area contributed by atoms with E-state index in [-0.39, 0.29) is 11.5 Å². The normalized spacial score (nSPS) is 22.4. The van der Waals surface area contributed by atoms with Gasteiger partial charge in [-0.2, -0.15) is 0 Å². The van der Waals surface area contributed by atoms with E-state index in [0.717, 1.165) is 12.0 Å². The zero-order chi connectivity index (χ0) is 13.7. The summed E-state index contributed by atoms with van der Waals surface area (Å²) in [6.07, 6.45) is 0.797. The maximum atomic E-state index is 12.1. The van der Waals surface area contributed by atoms with Gasteiger partial charge in [0.05, 0.1) is 6.61 Å². The lowest BCUT2D eigenvalue weighted by Crippen LogP contribution is -2.45. The van der Waals surface area contributed by atoms with Crippen molar-refractivity contribution in [2.45, 2.75) is 17.9 Å². The molecule has 1 aliphatic heterocycles. The number of halogens is 1. The third kappa shape index (κ3) is 3.47. The Balaban J connectivity index is 1.97. The standard InChI is InChI=1S/C14H18ClNO3/c1-18-14(5-6-19-10-14)9-16-13(17)12-4-2-3-11(7-12)8-15/h2-4,7H,5-6,8-10H2,1H3,(H,16,17). The molecule has 4 nitrogen and oxygen atoms in total. The Kier molecular flexibility index (Phi) is 4.80. The van der Waals surface area contributed by atoms with E-state index in [2.05, 4.69) is 5.32 Å². The smallest absolute Gasteiger partial charge is 0.251 e. The molecular formula is C14H18ClNO3. The van der Waals surface area contributed by atoms with Gasteiger partial charge in [0.2, 0.25) is 0 Å². The molecule has 1 aromatic rings. The second kappa shape index (κ2) is 6.37. The molecule has 0 radical (unpaired) electrons. The topological polar surface area (TPSA) is 47.6 Å². The third-order valence-electron chi connectivity index (χ3n) is 3.41. The van der Waals surface area contributed by atoms with E-state index in [4.69, 9.17) is 21.1 Å². The number of amides is 1. The number of ether oxygens (including phenoxy) is 2. The number of carbonyl (C=O) groups excluding carboxylic acids is 1. The second-order valence-electron chi connectivity index (χ2n) is 4.71. The maximum absolute atomic E-state index is 12.1. The summed E-state index contributed by atoms with van der Waals surface area (Å²) in [6, 6.07) is 7.30. The van der Waals surface area contributed by atoms with Crippen LogP contribution in [0.2, 0.25) is 0 Å². The van der Waals surface area contributed by atoms with E-state index < -0.39 is 0 Å². The summed E-state index contributed by atoms with van der Waals surface area (Å²) in [4.78, 5) is 12.1. The number of carbonyl (C=O) groups is 1. The predicted octanol–water partition coefficient (Wildman–Crippen LogP) is 1.96. The van der Waals surface area contributed by atoms with Crippen LogP contribution in [0.15, 0.2) is 24.3 Å². The monoisotopic (exact) mass is 283 g/mol. The molecular weight excluding hydrogens is 266 g/mol. The highest BCUT2D eigenvalue weighted by molar-refractivity contribution is 6.17. The fraction of sp³-hybridized carbons (Fsp3) is 0.500. The van der Waals surface area contributed by atoms with Crippen LogP contribution < -0.4 is 5.32 Å². The van der Waals surface area contributed by atoms with Crippen molar-refractivity contribution in [3.8, 4) is 0 Å². The van der Waals surface area contributed by atoms with Crippen molar-refractivity contribution in [3.05, 3.63) is 35.4 Å². The number of methoxy groups -OCH3 is 1. The van der Waals surface area contributed by atoms with Gasteiger partial charge in [-0.25, -0.2) is 0 Å². The van der Waals surface area contributed by atoms with E-state index in [1.54, 1.807) is 19.2 Å². The summed E-state index contributed by atoms with van der Waals surface area (Å²) in [5, 5.41) is 2.90. The number of benzene rings is 1. The van der Waals surface area contributed by atoms with Crippen molar-refractivity contribution >= 4 is 17.5 Å². The minimum absolute atomic E-state index is 0.115. The van der Waals surface area contributed by atoms with Crippen LogP contribution >= 0.6 is 11.6 Å². The van der Waals surface area contributed by atoms with Crippen LogP contribution in [0.4, 0.5) is 0 Å². The lowest BCUT2D eigenvalue weighted by molar-refractivity contribution is -0.0148. The molecule has 104 valence electrons. The summed E-state index contributed by atoms with van der Waals surface area (Å²) in [5.74, 6) is 0.284. The first-order valence-electron chi connectivity index (χ1n) is 6.25. The minimum atomic E-state index is -0.389. The Morgan fingerprint density at radius 3 is 3.05 bits per heavy atom. The summed E-state index contributed by atoms with van der Waals surface area (Å²) in [7, 11) is 1.65. The fourth-order valence-corrected chi connectivity index (χ4v) is 2.27. The van der Waals surface area contributed by atoms with Crippen molar-refractivity contribution in [3.63, 3.8) is 0 Å². The van der Waals surface area contributed by atoms with Gasteiger partial charge in [0.25, 0.3) is 5.91 Å². The highest BCUT2D eigenvalue weighted by Gasteiger charge is 2.35. The molecule has 1 N–H and O–H groups in total. The van der Waals surface area contributed by atoms with Crippen LogP contribution in [-0.4, -0.2) is 38.4 Å². The molecule has 0 spiro atoms. The average Bonchev–Trinajstić information content (AvgIpc) is 2.94. The van der Waals surface area contributed by atoms with Gasteiger partial charge in [0.1, 0.15) is 5.60 Å². The van der Waals surface area contributed by atoms with Crippen LogP contribution in [0.3, 0.4) is 0 Å². The minimum Gasteiger partial charge on any atom is -0.378 e. The van der Waals surface area contributed by atoms with Gasteiger partial charge in [-0.05, 0) is 17.7 Å². The zero-order valence-corrected chi connectivity index (χ0v) is 11.7. The van der Waals surface area contributed by atoms with E-state index in [0.29, 0.717) is 31.2 Å². The molecule has 0 bridgehead atoms. The summed E-state index contributed by atoms with van der Waals surface area (Å²) >= 11 is 5.76. The Labute approximate surface area is 118 Å². The van der Waals surface area contributed by atoms with Crippen LogP contribution in [0.5, 0.6) is 0 Å². The van der Waals surface area contributed by atoms with Crippen molar-refractivity contribution in [1.29, 1.82) is 0 Å². The van der Waals surface area contributed by atoms with Crippen molar-refractivity contribution in [2.75, 3.05) is 26.9 Å². The molecule has 0 aromatic heterocycles. The van der Waals surface area contributed by atoms with E-state index in [9.17, 15) is 4.79 Å². The van der Waals surface area contributed by atoms with Gasteiger partial charge in [0.15, 0.2) is 0 Å². The number of hydrogen-bond acceptors (Lipinski definition) is 3. The number of rotatable bonds is 5. The van der Waals surface area contributed by atoms with Crippen LogP contribution in [-0.2, 0) is 15.4 Å². The summed E-state index contributed by atoms with van der Waals surface area (Å²) < 4.78 is 10.8. The highest BCUT2D eigenvalue weighted by atomic mass is 35.5. The van der Waals surface area contributed by atoms with Crippen molar-refractivity contribution < 1.29 is 14.3 Å². The molecule has 1 unspecified atom stereocenters. The Morgan fingerprint density at radius 2 is 2.42 bits per heavy atom. The molecule has 19 heavy (non-hydrogen) atoms. The van der Waals surface area contributed by atoms with Gasteiger partial charge >= 0.3 is 0 Å². The fourth-order valence-electron chi connectivity index (χ4n) is 2.10. The van der Waals surface area contributed by atoms with Crippen LogP contribution in [0.1, 0.15) is 22.3 Å². The molecule has 1 atom stereocenters. The average molecular weight is 284 g/mol. The third-order valence-corrected chi connectivity index (χ3v) is 3.72. The lowest BCUT2D eigenvalue weighted by atomic mass is 10.0. The Bertz CT molecular complexity index is 444. The molecule has 1 saturated heterocycles. The van der Waals surface area contributed by atoms with E-state index in [1.807, 2.05) is 12.1 Å². The molecule has 1 amide bonds. The van der Waals surface area contributed by atoms with Gasteiger partial charge in [-0.3, -0.25) is 4.79 Å². The summed E-state index contributed by atoms with van der Waals surface area (Å²) in [6.45, 7) is 1.64. The first-order valence-corrected chi connectivity index (χ1v) is 6.78. The van der Waals surface area contributed by atoms with Crippen molar-refractivity contribution in [1.82, 2.24) is 5.32 Å². The molecule has 1 aromatic carbocycles. The van der Waals surface area contributed by atoms with Gasteiger partial charge in [0, 0.05) is 38.1 Å². The van der Waals surface area contributed by atoms with Crippen LogP contribution in [0.25, 0.3) is 0 Å². The summed E-state index contributed by atoms with van der Waals surface area (Å²) in [5.41, 5.74) is 1.16. The Hall–Kier alpha value is -1.10. The molecule has 2 rings (SSSR count). The zero-order valence-electron chi connectivity index (χ0n) is 10.9. The van der Waals surface area contributed by atoms with Crippen LogP contribution in [0, 0.1) is 0 Å². The molecule has 5 heteroatoms. The van der Waals surface area contributed by atoms with E-state index in [1.165, 1.54) is 0 Å². The Morgan fingerprint density at radius 1 is 1.58 bits per heavy atom. The van der Waals surface area contributed by atoms with Gasteiger partial charge in [-0.1, -0.05) is 12.1 Å². The largest absolute Gasteiger partial charge is 0.378 e. The lowest BCUT2D eigenvalue weighted by Gasteiger charge is -2.25. The molecule has 1 heterocycles. The molecule has 1 aliphatic rings. The quantitative estimate of drug-likeness (QED) is 0.841. The molecule has 1 fully saturated rings. The number of nitrogens with one attached hydrogen (secondary N) is 1. The molecule has 0 aliphatic carbocycles. The predicted molar refractivity (Wildman–Crippen MR) is 73.5 cm³/mol.